The Kier molecular flexibility index (Phi) is 3.38. The molecule has 5 heteroatoms. The minimum absolute atomic E-state index is 0.147. The van der Waals surface area contributed by atoms with Crippen LogP contribution in [0.2, 0.25) is 0 Å². The lowest BCUT2D eigenvalue weighted by Crippen LogP contribution is -2.54. The van der Waals surface area contributed by atoms with Gasteiger partial charge in [0.05, 0.1) is 0 Å². The molecule has 1 spiro atoms. The van der Waals surface area contributed by atoms with E-state index in [1.165, 1.54) is 6.42 Å². The molecule has 0 radical (unpaired) electrons. The second-order valence-corrected chi connectivity index (χ2v) is 5.51. The molecule has 0 aromatic heterocycles. The number of carbonyl (C=O) groups excluding carboxylic acids is 2. The van der Waals surface area contributed by atoms with Crippen molar-refractivity contribution in [3.05, 3.63) is 0 Å². The highest BCUT2D eigenvalue weighted by Gasteiger charge is 2.47. The Bertz CT molecular complexity index is 320. The molecule has 0 atom stereocenters. The van der Waals surface area contributed by atoms with Crippen LogP contribution in [0, 0.1) is 5.92 Å². The van der Waals surface area contributed by atoms with Crippen LogP contribution in [0.5, 0.6) is 0 Å². The fraction of sp³-hybridized carbons (Fsp3) is 0.833. The number of piperidine rings is 1. The molecule has 0 bridgehead atoms. The first-order valence-corrected chi connectivity index (χ1v) is 6.38. The van der Waals surface area contributed by atoms with Crippen LogP contribution >= 0.6 is 0 Å². The van der Waals surface area contributed by atoms with Crippen molar-refractivity contribution in [2.24, 2.45) is 5.92 Å². The van der Waals surface area contributed by atoms with Gasteiger partial charge in [0.1, 0.15) is 5.54 Å². The highest BCUT2D eigenvalue weighted by Crippen LogP contribution is 2.25. The Morgan fingerprint density at radius 3 is 2.41 bits per heavy atom. The second kappa shape index (κ2) is 4.64. The number of hydrogen-bond donors (Lipinski definition) is 2. The average Bonchev–Trinajstić information content (AvgIpc) is 2.53. The first-order chi connectivity index (χ1) is 8.02. The summed E-state index contributed by atoms with van der Waals surface area (Å²) in [4.78, 5) is 25.3. The van der Waals surface area contributed by atoms with Crippen molar-refractivity contribution in [1.82, 2.24) is 15.5 Å². The first kappa shape index (κ1) is 12.4. The highest BCUT2D eigenvalue weighted by atomic mass is 16.2. The summed E-state index contributed by atoms with van der Waals surface area (Å²) >= 11 is 0. The van der Waals surface area contributed by atoms with Gasteiger partial charge >= 0.3 is 6.03 Å². The van der Waals surface area contributed by atoms with E-state index in [-0.39, 0.29) is 11.9 Å². The summed E-state index contributed by atoms with van der Waals surface area (Å²) in [7, 11) is 0. The summed E-state index contributed by atoms with van der Waals surface area (Å²) in [5, 5.41) is 5.11. The zero-order chi connectivity index (χ0) is 12.5. The molecular weight excluding hydrogens is 218 g/mol. The maximum atomic E-state index is 11.7. The SMILES string of the molecule is CC(C)CCN1CCC2(CC1)NC(=O)NC2=O. The lowest BCUT2D eigenvalue weighted by Gasteiger charge is -2.37. The number of rotatable bonds is 3. The van der Waals surface area contributed by atoms with E-state index in [9.17, 15) is 9.59 Å². The molecule has 0 unspecified atom stereocenters. The van der Waals surface area contributed by atoms with Crippen molar-refractivity contribution >= 4 is 11.9 Å². The fourth-order valence-electron chi connectivity index (χ4n) is 2.48. The van der Waals surface area contributed by atoms with E-state index in [4.69, 9.17) is 0 Å². The van der Waals surface area contributed by atoms with E-state index in [0.29, 0.717) is 5.92 Å². The van der Waals surface area contributed by atoms with Crippen molar-refractivity contribution in [3.63, 3.8) is 0 Å². The molecule has 3 amide bonds. The van der Waals surface area contributed by atoms with E-state index in [2.05, 4.69) is 29.4 Å². The van der Waals surface area contributed by atoms with Crippen LogP contribution in [0.1, 0.15) is 33.1 Å². The van der Waals surface area contributed by atoms with Crippen LogP contribution in [0.4, 0.5) is 4.79 Å². The third-order valence-electron chi connectivity index (χ3n) is 3.75. The van der Waals surface area contributed by atoms with E-state index in [1.807, 2.05) is 0 Å². The molecule has 2 aliphatic heterocycles. The molecule has 17 heavy (non-hydrogen) atoms. The van der Waals surface area contributed by atoms with Crippen LogP contribution in [0.15, 0.2) is 0 Å². The summed E-state index contributed by atoms with van der Waals surface area (Å²) in [5.41, 5.74) is -0.620. The number of nitrogens with one attached hydrogen (secondary N) is 2. The predicted octanol–water partition coefficient (Wildman–Crippen LogP) is 0.707. The second-order valence-electron chi connectivity index (χ2n) is 5.51. The smallest absolute Gasteiger partial charge is 0.322 e. The van der Waals surface area contributed by atoms with Crippen LogP contribution in [0.25, 0.3) is 0 Å². The third-order valence-corrected chi connectivity index (χ3v) is 3.75. The first-order valence-electron chi connectivity index (χ1n) is 6.38. The third kappa shape index (κ3) is 2.60. The normalized spacial score (nSPS) is 24.2. The summed E-state index contributed by atoms with van der Waals surface area (Å²) in [6.07, 6.45) is 2.64. The molecule has 2 fully saturated rings. The summed E-state index contributed by atoms with van der Waals surface area (Å²) in [5.74, 6) is 0.561. The van der Waals surface area contributed by atoms with Crippen molar-refractivity contribution in [1.29, 1.82) is 0 Å². The van der Waals surface area contributed by atoms with Gasteiger partial charge in [-0.2, -0.15) is 0 Å². The monoisotopic (exact) mass is 239 g/mol. The molecule has 0 aliphatic carbocycles. The molecule has 2 N–H and O–H groups in total. The van der Waals surface area contributed by atoms with E-state index < -0.39 is 5.54 Å². The number of imide groups is 1. The number of amides is 3. The summed E-state index contributed by atoms with van der Waals surface area (Å²) in [6.45, 7) is 7.30. The number of hydrogen-bond acceptors (Lipinski definition) is 3. The molecule has 2 rings (SSSR count). The Labute approximate surface area is 102 Å². The van der Waals surface area contributed by atoms with E-state index >= 15 is 0 Å². The molecule has 5 nitrogen and oxygen atoms in total. The molecule has 0 saturated carbocycles. The van der Waals surface area contributed by atoms with Gasteiger partial charge in [-0.05, 0) is 31.7 Å². The van der Waals surface area contributed by atoms with Gasteiger partial charge in [0.25, 0.3) is 5.91 Å². The quantitative estimate of drug-likeness (QED) is 0.713. The predicted molar refractivity (Wildman–Crippen MR) is 64.5 cm³/mol. The van der Waals surface area contributed by atoms with Crippen molar-refractivity contribution < 1.29 is 9.59 Å². The average molecular weight is 239 g/mol. The van der Waals surface area contributed by atoms with Gasteiger partial charge in [-0.3, -0.25) is 10.1 Å². The zero-order valence-electron chi connectivity index (χ0n) is 10.6. The van der Waals surface area contributed by atoms with Crippen LogP contribution in [-0.2, 0) is 4.79 Å². The maximum Gasteiger partial charge on any atom is 0.322 e. The summed E-state index contributed by atoms with van der Waals surface area (Å²) < 4.78 is 0. The highest BCUT2D eigenvalue weighted by molar-refractivity contribution is 6.07. The van der Waals surface area contributed by atoms with E-state index in [0.717, 1.165) is 32.5 Å². The standard InChI is InChI=1S/C12H21N3O2/c1-9(2)3-6-15-7-4-12(5-8-15)10(16)13-11(17)14-12/h9H,3-8H2,1-2H3,(H2,13,14,16,17). The summed E-state index contributed by atoms with van der Waals surface area (Å²) in [6, 6.07) is -0.342. The van der Waals surface area contributed by atoms with Gasteiger partial charge in [-0.1, -0.05) is 13.8 Å². The zero-order valence-corrected chi connectivity index (χ0v) is 10.6. The van der Waals surface area contributed by atoms with Gasteiger partial charge < -0.3 is 10.2 Å². The van der Waals surface area contributed by atoms with Gasteiger partial charge in [0, 0.05) is 13.1 Å². The van der Waals surface area contributed by atoms with Crippen molar-refractivity contribution in [2.45, 2.75) is 38.6 Å². The molecule has 2 aliphatic rings. The van der Waals surface area contributed by atoms with Crippen LogP contribution in [0.3, 0.4) is 0 Å². The number of likely N-dealkylation sites (tertiary alicyclic amines) is 1. The largest absolute Gasteiger partial charge is 0.323 e. The molecular formula is C12H21N3O2. The Hall–Kier alpha value is -1.10. The Balaban J connectivity index is 1.85. The van der Waals surface area contributed by atoms with Gasteiger partial charge in [-0.15, -0.1) is 0 Å². The Morgan fingerprint density at radius 2 is 1.94 bits per heavy atom. The fourth-order valence-corrected chi connectivity index (χ4v) is 2.48. The molecule has 0 aromatic rings. The lowest BCUT2D eigenvalue weighted by atomic mass is 9.87. The van der Waals surface area contributed by atoms with Crippen LogP contribution < -0.4 is 10.6 Å². The van der Waals surface area contributed by atoms with Crippen molar-refractivity contribution in [3.8, 4) is 0 Å². The molecule has 2 heterocycles. The molecule has 0 aromatic carbocycles. The number of urea groups is 1. The lowest BCUT2D eigenvalue weighted by molar-refractivity contribution is -0.125. The Morgan fingerprint density at radius 1 is 1.29 bits per heavy atom. The maximum absolute atomic E-state index is 11.7. The minimum Gasteiger partial charge on any atom is -0.323 e. The van der Waals surface area contributed by atoms with Gasteiger partial charge in [0.2, 0.25) is 0 Å². The molecule has 96 valence electrons. The number of carbonyl (C=O) groups is 2. The minimum atomic E-state index is -0.620. The van der Waals surface area contributed by atoms with Gasteiger partial charge in [0.15, 0.2) is 0 Å². The van der Waals surface area contributed by atoms with E-state index in [1.54, 1.807) is 0 Å². The topological polar surface area (TPSA) is 61.4 Å². The van der Waals surface area contributed by atoms with Gasteiger partial charge in [-0.25, -0.2) is 4.79 Å². The van der Waals surface area contributed by atoms with Crippen molar-refractivity contribution in [2.75, 3.05) is 19.6 Å². The van der Waals surface area contributed by atoms with Crippen LogP contribution in [-0.4, -0.2) is 42.0 Å². The molecule has 2 saturated heterocycles. The number of nitrogens with zero attached hydrogens (tertiary/aromatic N) is 1.